The first-order valence-corrected chi connectivity index (χ1v) is 12.4. The molecular formula is C26H27BrN4O4. The van der Waals surface area contributed by atoms with Gasteiger partial charge in [-0.15, -0.1) is 0 Å². The second-order valence-corrected chi connectivity index (χ2v) is 9.85. The van der Waals surface area contributed by atoms with E-state index in [1.165, 1.54) is 0 Å². The lowest BCUT2D eigenvalue weighted by Gasteiger charge is -2.31. The Morgan fingerprint density at radius 3 is 2.66 bits per heavy atom. The Bertz CT molecular complexity index is 1340. The molecule has 0 aliphatic carbocycles. The van der Waals surface area contributed by atoms with E-state index in [2.05, 4.69) is 25.8 Å². The van der Waals surface area contributed by atoms with Crippen LogP contribution in [-0.4, -0.2) is 75.4 Å². The summed E-state index contributed by atoms with van der Waals surface area (Å²) in [6, 6.07) is 10.6. The van der Waals surface area contributed by atoms with E-state index in [1.54, 1.807) is 22.4 Å². The zero-order valence-corrected chi connectivity index (χ0v) is 21.3. The van der Waals surface area contributed by atoms with E-state index >= 15 is 0 Å². The molecule has 0 unspecified atom stereocenters. The first-order chi connectivity index (χ1) is 16.9. The van der Waals surface area contributed by atoms with Gasteiger partial charge in [0.05, 0.1) is 30.5 Å². The minimum Gasteiger partial charge on any atom is -0.505 e. The maximum Gasteiger partial charge on any atom is 0.295 e. The molecule has 1 aromatic carbocycles. The number of ketones is 1. The number of likely N-dealkylation sites (tertiary alicyclic amines) is 1. The number of imidazole rings is 1. The Morgan fingerprint density at radius 1 is 1.14 bits per heavy atom. The maximum absolute atomic E-state index is 13.4. The summed E-state index contributed by atoms with van der Waals surface area (Å²) < 4.78 is 8.03. The molecule has 0 saturated carbocycles. The number of aryl methyl sites for hydroxylation is 2. The lowest BCUT2D eigenvalue weighted by atomic mass is 9.96. The van der Waals surface area contributed by atoms with Crippen molar-refractivity contribution in [2.45, 2.75) is 19.9 Å². The van der Waals surface area contributed by atoms with Gasteiger partial charge in [0.15, 0.2) is 5.76 Å². The number of amides is 1. The maximum atomic E-state index is 13.4. The SMILES string of the molecule is Cc1nc2c(C)cccn2c1/C(O)=C1\C(=O)C(=O)N(CCN2CCOCC2)[C@H]1c1cccc(Br)c1. The number of aliphatic hydroxyl groups excluding tert-OH is 1. The van der Waals surface area contributed by atoms with Gasteiger partial charge in [-0.05, 0) is 43.2 Å². The molecule has 182 valence electrons. The number of hydrogen-bond donors (Lipinski definition) is 1. The Balaban J connectivity index is 1.63. The third-order valence-electron chi connectivity index (χ3n) is 6.71. The van der Waals surface area contributed by atoms with E-state index in [4.69, 9.17) is 4.74 Å². The van der Waals surface area contributed by atoms with Gasteiger partial charge in [-0.25, -0.2) is 4.98 Å². The Hall–Kier alpha value is -3.01. The van der Waals surface area contributed by atoms with E-state index in [9.17, 15) is 14.7 Å². The number of morpholine rings is 1. The lowest BCUT2D eigenvalue weighted by Crippen LogP contribution is -2.42. The number of halogens is 1. The van der Waals surface area contributed by atoms with Crippen LogP contribution in [0, 0.1) is 13.8 Å². The van der Waals surface area contributed by atoms with Crippen LogP contribution in [0.4, 0.5) is 0 Å². The van der Waals surface area contributed by atoms with Crippen molar-refractivity contribution in [1.82, 2.24) is 19.2 Å². The molecule has 5 rings (SSSR count). The molecule has 2 fully saturated rings. The van der Waals surface area contributed by atoms with Gasteiger partial charge in [0, 0.05) is 36.8 Å². The first-order valence-electron chi connectivity index (χ1n) is 11.7. The van der Waals surface area contributed by atoms with Crippen molar-refractivity contribution in [3.05, 3.63) is 75.2 Å². The van der Waals surface area contributed by atoms with Crippen LogP contribution in [0.2, 0.25) is 0 Å². The fraction of sp³-hybridized carbons (Fsp3) is 0.346. The smallest absolute Gasteiger partial charge is 0.295 e. The molecule has 1 N–H and O–H groups in total. The number of Topliss-reactive ketones (excluding diaryl/α,β-unsaturated/α-hetero) is 1. The second kappa shape index (κ2) is 9.56. The first kappa shape index (κ1) is 23.7. The number of aliphatic hydroxyl groups is 1. The van der Waals surface area contributed by atoms with Gasteiger partial charge >= 0.3 is 0 Å². The topological polar surface area (TPSA) is 87.4 Å². The van der Waals surface area contributed by atoms with Crippen molar-refractivity contribution in [3.63, 3.8) is 0 Å². The third kappa shape index (κ3) is 4.28. The van der Waals surface area contributed by atoms with Crippen LogP contribution in [0.1, 0.15) is 28.6 Å². The Kier molecular flexibility index (Phi) is 6.48. The number of fused-ring (bicyclic) bond motifs is 1. The number of benzene rings is 1. The summed E-state index contributed by atoms with van der Waals surface area (Å²) in [6.07, 6.45) is 1.81. The molecule has 1 amide bonds. The lowest BCUT2D eigenvalue weighted by molar-refractivity contribution is -0.140. The molecule has 4 heterocycles. The quantitative estimate of drug-likeness (QED) is 0.304. The minimum atomic E-state index is -0.705. The number of ether oxygens (including phenoxy) is 1. The summed E-state index contributed by atoms with van der Waals surface area (Å²) in [7, 11) is 0. The number of hydrogen-bond acceptors (Lipinski definition) is 6. The molecule has 0 spiro atoms. The molecule has 0 bridgehead atoms. The van der Waals surface area contributed by atoms with Gasteiger partial charge in [-0.3, -0.25) is 18.9 Å². The number of nitrogens with zero attached hydrogens (tertiary/aromatic N) is 4. The molecule has 2 aliphatic rings. The number of carbonyl (C=O) groups is 2. The fourth-order valence-corrected chi connectivity index (χ4v) is 5.35. The zero-order chi connectivity index (χ0) is 24.7. The number of aromatic nitrogens is 2. The second-order valence-electron chi connectivity index (χ2n) is 8.93. The summed E-state index contributed by atoms with van der Waals surface area (Å²) in [5.74, 6) is -1.50. The van der Waals surface area contributed by atoms with Gasteiger partial charge in [0.1, 0.15) is 11.3 Å². The van der Waals surface area contributed by atoms with E-state index in [0.717, 1.165) is 28.7 Å². The Labute approximate surface area is 211 Å². The highest BCUT2D eigenvalue weighted by Crippen LogP contribution is 2.40. The van der Waals surface area contributed by atoms with E-state index < -0.39 is 17.7 Å². The van der Waals surface area contributed by atoms with Crippen LogP contribution in [0.25, 0.3) is 11.4 Å². The molecule has 1 atom stereocenters. The number of pyridine rings is 1. The van der Waals surface area contributed by atoms with Crippen molar-refractivity contribution in [1.29, 1.82) is 0 Å². The highest BCUT2D eigenvalue weighted by molar-refractivity contribution is 9.10. The van der Waals surface area contributed by atoms with E-state index in [1.807, 2.05) is 43.3 Å². The molecule has 9 heteroatoms. The largest absolute Gasteiger partial charge is 0.505 e. The third-order valence-corrected chi connectivity index (χ3v) is 7.20. The normalized spacial score (nSPS) is 20.8. The van der Waals surface area contributed by atoms with Crippen LogP contribution in [0.3, 0.4) is 0 Å². The van der Waals surface area contributed by atoms with Gasteiger partial charge in [0.25, 0.3) is 11.7 Å². The predicted octanol–water partition coefficient (Wildman–Crippen LogP) is 3.47. The van der Waals surface area contributed by atoms with Gasteiger partial charge in [-0.2, -0.15) is 0 Å². The van der Waals surface area contributed by atoms with Crippen molar-refractivity contribution in [2.75, 3.05) is 39.4 Å². The number of rotatable bonds is 5. The van der Waals surface area contributed by atoms with Crippen molar-refractivity contribution < 1.29 is 19.4 Å². The molecule has 2 aliphatic heterocycles. The monoisotopic (exact) mass is 538 g/mol. The van der Waals surface area contributed by atoms with Crippen molar-refractivity contribution in [3.8, 4) is 0 Å². The van der Waals surface area contributed by atoms with Crippen LogP contribution in [0.15, 0.2) is 52.6 Å². The molecule has 35 heavy (non-hydrogen) atoms. The summed E-state index contributed by atoms with van der Waals surface area (Å²) in [4.78, 5) is 35.1. The molecule has 3 aromatic rings. The Morgan fingerprint density at radius 2 is 1.91 bits per heavy atom. The standard InChI is InChI=1S/C26H27BrN4O4/c1-16-5-4-8-30-21(17(2)28-25(16)30)23(32)20-22(18-6-3-7-19(27)15-18)31(26(34)24(20)33)10-9-29-11-13-35-14-12-29/h3-8,15,22,32H,9-14H2,1-2H3/b23-20+/t22-/m0/s1. The van der Waals surface area contributed by atoms with Gasteiger partial charge < -0.3 is 14.7 Å². The van der Waals surface area contributed by atoms with Crippen LogP contribution < -0.4 is 0 Å². The molecule has 2 saturated heterocycles. The van der Waals surface area contributed by atoms with Crippen molar-refractivity contribution >= 4 is 39.0 Å². The van der Waals surface area contributed by atoms with Crippen LogP contribution in [0.5, 0.6) is 0 Å². The summed E-state index contributed by atoms with van der Waals surface area (Å²) in [5, 5.41) is 11.6. The summed E-state index contributed by atoms with van der Waals surface area (Å²) in [6.45, 7) is 7.60. The summed E-state index contributed by atoms with van der Waals surface area (Å²) in [5.41, 5.74) is 3.50. The predicted molar refractivity (Wildman–Crippen MR) is 135 cm³/mol. The average molecular weight is 539 g/mol. The molecule has 2 aromatic heterocycles. The average Bonchev–Trinajstić information content (AvgIpc) is 3.32. The number of carbonyl (C=O) groups excluding carboxylic acids is 2. The summed E-state index contributed by atoms with van der Waals surface area (Å²) >= 11 is 3.51. The van der Waals surface area contributed by atoms with Gasteiger partial charge in [-0.1, -0.05) is 34.1 Å². The van der Waals surface area contributed by atoms with Crippen molar-refractivity contribution in [2.24, 2.45) is 0 Å². The minimum absolute atomic E-state index is 0.0847. The van der Waals surface area contributed by atoms with E-state index in [0.29, 0.717) is 43.3 Å². The molecular weight excluding hydrogens is 512 g/mol. The molecule has 8 nitrogen and oxygen atoms in total. The van der Waals surface area contributed by atoms with Crippen LogP contribution >= 0.6 is 15.9 Å². The fourth-order valence-electron chi connectivity index (χ4n) is 4.94. The highest BCUT2D eigenvalue weighted by Gasteiger charge is 2.46. The zero-order valence-electron chi connectivity index (χ0n) is 19.7. The van der Waals surface area contributed by atoms with Gasteiger partial charge in [0.2, 0.25) is 0 Å². The molecule has 0 radical (unpaired) electrons. The van der Waals surface area contributed by atoms with Crippen LogP contribution in [-0.2, 0) is 14.3 Å². The van der Waals surface area contributed by atoms with E-state index in [-0.39, 0.29) is 11.3 Å². The highest BCUT2D eigenvalue weighted by atomic mass is 79.9.